The van der Waals surface area contributed by atoms with E-state index in [-0.39, 0.29) is 47.5 Å². The summed E-state index contributed by atoms with van der Waals surface area (Å²) >= 11 is 0. The van der Waals surface area contributed by atoms with E-state index in [1.165, 1.54) is 6.07 Å². The molecule has 0 aliphatic rings. The van der Waals surface area contributed by atoms with Crippen LogP contribution in [0.2, 0.25) is 0 Å². The summed E-state index contributed by atoms with van der Waals surface area (Å²) in [6, 6.07) is 11.8. The molecule has 0 spiro atoms. The van der Waals surface area contributed by atoms with Crippen molar-refractivity contribution < 1.29 is 44.2 Å². The van der Waals surface area contributed by atoms with Crippen LogP contribution in [-0.4, -0.2) is 11.0 Å². The van der Waals surface area contributed by atoms with Gasteiger partial charge >= 0.3 is 29.6 Å². The molecule has 0 saturated heterocycles. The van der Waals surface area contributed by atoms with Crippen molar-refractivity contribution in [1.29, 1.82) is 0 Å². The molecule has 0 amide bonds. The van der Waals surface area contributed by atoms with Gasteiger partial charge in [-0.25, -0.2) is 0 Å². The van der Waals surface area contributed by atoms with Gasteiger partial charge in [0.2, 0.25) is 0 Å². The van der Waals surface area contributed by atoms with Gasteiger partial charge in [0.05, 0.1) is 11.7 Å². The van der Waals surface area contributed by atoms with Crippen LogP contribution in [0, 0.1) is 0 Å². The molecule has 0 unspecified atom stereocenters. The number of rotatable bonds is 4. The molecule has 0 atom stereocenters. The molecule has 5 heteroatoms. The Morgan fingerprint density at radius 2 is 1.89 bits per heavy atom. The summed E-state index contributed by atoms with van der Waals surface area (Å²) < 4.78 is 5.40. The molecule has 0 saturated carbocycles. The van der Waals surface area contributed by atoms with Crippen molar-refractivity contribution in [1.82, 2.24) is 4.98 Å². The van der Waals surface area contributed by atoms with E-state index in [2.05, 4.69) is 4.98 Å². The van der Waals surface area contributed by atoms with E-state index >= 15 is 0 Å². The van der Waals surface area contributed by atoms with Crippen LogP contribution in [0.1, 0.15) is 16.1 Å². The number of hydrogen-bond acceptors (Lipinski definition) is 4. The van der Waals surface area contributed by atoms with Gasteiger partial charge in [-0.05, 0) is 24.3 Å². The standard InChI is InChI=1S/C13H11NO3.Na/c15-13(16)11-6-1-2-7-12(11)17-9-10-5-3-4-8-14-10;/h1-8H,9H2,(H,15,16);/q;+1/p-1. The topological polar surface area (TPSA) is 62.2 Å². The average Bonchev–Trinajstić information content (AvgIpc) is 2.38. The first-order valence-electron chi connectivity index (χ1n) is 5.10. The van der Waals surface area contributed by atoms with E-state index in [1.807, 2.05) is 12.1 Å². The minimum absolute atomic E-state index is 0. The monoisotopic (exact) mass is 251 g/mol. The molecule has 0 N–H and O–H groups in total. The Labute approximate surface area is 127 Å². The molecule has 0 aliphatic heterocycles. The van der Waals surface area contributed by atoms with Crippen molar-refractivity contribution in [3.63, 3.8) is 0 Å². The molecule has 1 heterocycles. The zero-order valence-electron chi connectivity index (χ0n) is 10.00. The van der Waals surface area contributed by atoms with Crippen LogP contribution in [0.25, 0.3) is 0 Å². The Hall–Kier alpha value is -1.36. The third-order valence-corrected chi connectivity index (χ3v) is 2.21. The zero-order chi connectivity index (χ0) is 12.1. The van der Waals surface area contributed by atoms with E-state index in [1.54, 1.807) is 30.5 Å². The summed E-state index contributed by atoms with van der Waals surface area (Å²) in [5, 5.41) is 10.8. The zero-order valence-corrected chi connectivity index (χ0v) is 12.0. The Balaban J connectivity index is 0.00000162. The molecule has 0 bridgehead atoms. The van der Waals surface area contributed by atoms with E-state index in [0.717, 1.165) is 5.69 Å². The van der Waals surface area contributed by atoms with Crippen molar-refractivity contribution >= 4 is 5.97 Å². The Kier molecular flexibility index (Phi) is 5.85. The number of ether oxygens (including phenoxy) is 1. The molecule has 0 radical (unpaired) electrons. The largest absolute Gasteiger partial charge is 1.00 e. The molecular weight excluding hydrogens is 241 g/mol. The third-order valence-electron chi connectivity index (χ3n) is 2.21. The maximum atomic E-state index is 10.8. The first-order chi connectivity index (χ1) is 8.27. The van der Waals surface area contributed by atoms with Crippen LogP contribution in [0.15, 0.2) is 48.7 Å². The Bertz CT molecular complexity index is 517. The van der Waals surface area contributed by atoms with Crippen molar-refractivity contribution in [2.45, 2.75) is 6.61 Å². The predicted molar refractivity (Wildman–Crippen MR) is 59.3 cm³/mol. The molecule has 4 nitrogen and oxygen atoms in total. The molecule has 0 fully saturated rings. The number of aromatic nitrogens is 1. The van der Waals surface area contributed by atoms with Crippen molar-refractivity contribution in [2.24, 2.45) is 0 Å². The molecular formula is C13H10NNaO3. The molecule has 0 aliphatic carbocycles. The quantitative estimate of drug-likeness (QED) is 0.591. The maximum absolute atomic E-state index is 10.8. The number of carboxylic acid groups (broad SMARTS) is 1. The number of carboxylic acids is 1. The number of hydrogen-bond donors (Lipinski definition) is 0. The minimum atomic E-state index is -1.25. The van der Waals surface area contributed by atoms with Gasteiger partial charge in [0.15, 0.2) is 0 Å². The first-order valence-corrected chi connectivity index (χ1v) is 5.10. The Morgan fingerprint density at radius 3 is 2.56 bits per heavy atom. The number of aromatic carboxylic acids is 1. The molecule has 2 aromatic rings. The van der Waals surface area contributed by atoms with Gasteiger partial charge in [0, 0.05) is 11.8 Å². The molecule has 18 heavy (non-hydrogen) atoms. The summed E-state index contributed by atoms with van der Waals surface area (Å²) in [6.45, 7) is 0.227. The number of carbonyl (C=O) groups excluding carboxylic acids is 1. The first kappa shape index (κ1) is 14.7. The fourth-order valence-corrected chi connectivity index (χ4v) is 1.40. The smallest absolute Gasteiger partial charge is 0.545 e. The second-order valence-corrected chi connectivity index (χ2v) is 3.39. The molecule has 1 aromatic heterocycles. The summed E-state index contributed by atoms with van der Waals surface area (Å²) in [6.07, 6.45) is 1.66. The number of benzene rings is 1. The van der Waals surface area contributed by atoms with Gasteiger partial charge in [-0.3, -0.25) is 4.98 Å². The van der Waals surface area contributed by atoms with Crippen LogP contribution in [0.4, 0.5) is 0 Å². The van der Waals surface area contributed by atoms with Crippen molar-refractivity contribution in [2.75, 3.05) is 0 Å². The predicted octanol–water partition coefficient (Wildman–Crippen LogP) is -1.97. The number of nitrogens with zero attached hydrogens (tertiary/aromatic N) is 1. The molecule has 2 rings (SSSR count). The van der Waals surface area contributed by atoms with Crippen LogP contribution in [0.3, 0.4) is 0 Å². The van der Waals surface area contributed by atoms with E-state index in [4.69, 9.17) is 4.74 Å². The van der Waals surface area contributed by atoms with E-state index in [9.17, 15) is 9.90 Å². The SMILES string of the molecule is O=C([O-])c1ccccc1OCc1ccccn1.[Na+]. The summed E-state index contributed by atoms with van der Waals surface area (Å²) in [5.74, 6) is -0.959. The van der Waals surface area contributed by atoms with Crippen molar-refractivity contribution in [3.05, 3.63) is 59.9 Å². The maximum Gasteiger partial charge on any atom is 1.00 e. The number of pyridine rings is 1. The average molecular weight is 251 g/mol. The van der Waals surface area contributed by atoms with Gasteiger partial charge in [-0.15, -0.1) is 0 Å². The van der Waals surface area contributed by atoms with Crippen LogP contribution in [0.5, 0.6) is 5.75 Å². The number of para-hydroxylation sites is 1. The van der Waals surface area contributed by atoms with Crippen LogP contribution in [-0.2, 0) is 6.61 Å². The van der Waals surface area contributed by atoms with Gasteiger partial charge in [-0.2, -0.15) is 0 Å². The van der Waals surface area contributed by atoms with Crippen LogP contribution >= 0.6 is 0 Å². The van der Waals surface area contributed by atoms with Crippen molar-refractivity contribution in [3.8, 4) is 5.75 Å². The third kappa shape index (κ3) is 3.84. The fourth-order valence-electron chi connectivity index (χ4n) is 1.40. The second kappa shape index (κ2) is 7.16. The summed E-state index contributed by atoms with van der Waals surface area (Å²) in [5.41, 5.74) is 0.782. The van der Waals surface area contributed by atoms with Gasteiger partial charge < -0.3 is 14.6 Å². The van der Waals surface area contributed by atoms with Gasteiger partial charge in [0.1, 0.15) is 12.4 Å². The van der Waals surface area contributed by atoms with Crippen LogP contribution < -0.4 is 39.4 Å². The van der Waals surface area contributed by atoms with E-state index in [0.29, 0.717) is 0 Å². The summed E-state index contributed by atoms with van der Waals surface area (Å²) in [4.78, 5) is 14.9. The summed E-state index contributed by atoms with van der Waals surface area (Å²) in [7, 11) is 0. The number of carbonyl (C=O) groups is 1. The minimum Gasteiger partial charge on any atom is -0.545 e. The normalized spacial score (nSPS) is 9.33. The van der Waals surface area contributed by atoms with Gasteiger partial charge in [0.25, 0.3) is 0 Å². The second-order valence-electron chi connectivity index (χ2n) is 3.39. The fraction of sp³-hybridized carbons (Fsp3) is 0.0769. The molecule has 1 aromatic carbocycles. The molecule has 86 valence electrons. The van der Waals surface area contributed by atoms with Gasteiger partial charge in [-0.1, -0.05) is 18.2 Å². The Morgan fingerprint density at radius 1 is 1.17 bits per heavy atom. The van der Waals surface area contributed by atoms with E-state index < -0.39 is 5.97 Å².